The van der Waals surface area contributed by atoms with Crippen LogP contribution in [0.25, 0.3) is 0 Å². The molecule has 1 aliphatic rings. The molecule has 0 aromatic heterocycles. The highest BCUT2D eigenvalue weighted by Crippen LogP contribution is 2.28. The van der Waals surface area contributed by atoms with Crippen molar-refractivity contribution in [1.82, 2.24) is 0 Å². The highest BCUT2D eigenvalue weighted by molar-refractivity contribution is 5.85. The van der Waals surface area contributed by atoms with E-state index in [9.17, 15) is 0 Å². The molecule has 1 unspecified atom stereocenters. The summed E-state index contributed by atoms with van der Waals surface area (Å²) in [5.74, 6) is 0.706. The smallest absolute Gasteiger partial charge is 0.0987 e. The molecule has 0 fully saturated rings. The molecule has 4 N–H and O–H groups in total. The normalized spacial score (nSPS) is 18.9. The molecular formula is C15H25N3. The maximum absolute atomic E-state index is 5.85. The fraction of sp³-hybridized carbons (Fsp3) is 0.533. The number of fused-ring (bicyclic) bond motifs is 1. The molecule has 0 saturated heterocycles. The van der Waals surface area contributed by atoms with Crippen molar-refractivity contribution >= 4 is 5.84 Å². The van der Waals surface area contributed by atoms with Crippen LogP contribution in [0.15, 0.2) is 29.3 Å². The number of aryl methyl sites for hydroxylation is 1. The summed E-state index contributed by atoms with van der Waals surface area (Å²) in [4.78, 5) is 3.85. The van der Waals surface area contributed by atoms with Crippen LogP contribution in [0, 0.1) is 5.41 Å². The van der Waals surface area contributed by atoms with E-state index in [1.807, 2.05) is 20.8 Å². The fourth-order valence-corrected chi connectivity index (χ4v) is 1.93. The van der Waals surface area contributed by atoms with Crippen LogP contribution in [0.4, 0.5) is 0 Å². The van der Waals surface area contributed by atoms with Gasteiger partial charge in [0, 0.05) is 18.5 Å². The summed E-state index contributed by atoms with van der Waals surface area (Å²) in [5.41, 5.74) is 14.2. The average molecular weight is 247 g/mol. The maximum atomic E-state index is 5.85. The van der Waals surface area contributed by atoms with E-state index >= 15 is 0 Å². The Kier molecular flexibility index (Phi) is 4.91. The maximum Gasteiger partial charge on any atom is 0.0987 e. The predicted octanol–water partition coefficient (Wildman–Crippen LogP) is 2.65. The fourth-order valence-electron chi connectivity index (χ4n) is 1.93. The third kappa shape index (κ3) is 3.84. The summed E-state index contributed by atoms with van der Waals surface area (Å²) in [6.07, 6.45) is 2.29. The van der Waals surface area contributed by atoms with Crippen molar-refractivity contribution in [1.29, 1.82) is 0 Å². The molecule has 0 saturated carbocycles. The van der Waals surface area contributed by atoms with E-state index < -0.39 is 0 Å². The zero-order valence-corrected chi connectivity index (χ0v) is 11.9. The number of nitrogens with two attached hydrogens (primary N) is 2. The van der Waals surface area contributed by atoms with E-state index in [2.05, 4.69) is 29.3 Å². The van der Waals surface area contributed by atoms with Crippen LogP contribution in [-0.4, -0.2) is 12.9 Å². The Labute approximate surface area is 110 Å². The Bertz CT molecular complexity index is 416. The second-order valence-corrected chi connectivity index (χ2v) is 5.70. The van der Waals surface area contributed by atoms with Gasteiger partial charge in [0.15, 0.2) is 0 Å². The third-order valence-electron chi connectivity index (χ3n) is 3.19. The lowest BCUT2D eigenvalue weighted by atomic mass is 9.96. The van der Waals surface area contributed by atoms with E-state index in [0.29, 0.717) is 11.9 Å². The molecule has 0 heterocycles. The minimum Gasteiger partial charge on any atom is -0.387 e. The van der Waals surface area contributed by atoms with Gasteiger partial charge in [0.05, 0.1) is 5.84 Å². The van der Waals surface area contributed by atoms with Crippen LogP contribution in [0.3, 0.4) is 0 Å². The van der Waals surface area contributed by atoms with Gasteiger partial charge in [-0.2, -0.15) is 0 Å². The lowest BCUT2D eigenvalue weighted by Crippen LogP contribution is -2.28. The highest BCUT2D eigenvalue weighted by Gasteiger charge is 2.16. The molecular weight excluding hydrogens is 222 g/mol. The SMILES string of the molecule is CN=C(N)C(C)(C)C.NC1CCc2ccccc21. The predicted molar refractivity (Wildman–Crippen MR) is 78.7 cm³/mol. The van der Waals surface area contributed by atoms with Crippen molar-refractivity contribution in [3.63, 3.8) is 0 Å². The van der Waals surface area contributed by atoms with Crippen LogP contribution < -0.4 is 11.5 Å². The van der Waals surface area contributed by atoms with E-state index in [0.717, 1.165) is 12.8 Å². The molecule has 0 bridgehead atoms. The van der Waals surface area contributed by atoms with Crippen LogP contribution >= 0.6 is 0 Å². The van der Waals surface area contributed by atoms with Gasteiger partial charge in [0.1, 0.15) is 0 Å². The first-order valence-electron chi connectivity index (χ1n) is 6.42. The topological polar surface area (TPSA) is 64.4 Å². The molecule has 100 valence electrons. The van der Waals surface area contributed by atoms with Gasteiger partial charge in [-0.1, -0.05) is 45.0 Å². The molecule has 1 aromatic carbocycles. The van der Waals surface area contributed by atoms with Gasteiger partial charge in [-0.3, -0.25) is 4.99 Å². The van der Waals surface area contributed by atoms with Gasteiger partial charge in [-0.25, -0.2) is 0 Å². The van der Waals surface area contributed by atoms with Crippen LogP contribution in [0.2, 0.25) is 0 Å². The van der Waals surface area contributed by atoms with Gasteiger partial charge in [-0.05, 0) is 24.0 Å². The molecule has 2 rings (SSSR count). The molecule has 1 aromatic rings. The Hall–Kier alpha value is -1.35. The van der Waals surface area contributed by atoms with Gasteiger partial charge in [0.2, 0.25) is 0 Å². The first kappa shape index (κ1) is 14.7. The summed E-state index contributed by atoms with van der Waals surface area (Å²) in [5, 5.41) is 0. The van der Waals surface area contributed by atoms with Crippen molar-refractivity contribution in [2.45, 2.75) is 39.7 Å². The Balaban J connectivity index is 0.000000187. The van der Waals surface area contributed by atoms with Crippen molar-refractivity contribution in [3.8, 4) is 0 Å². The third-order valence-corrected chi connectivity index (χ3v) is 3.19. The average Bonchev–Trinajstić information content (AvgIpc) is 2.70. The van der Waals surface area contributed by atoms with Crippen molar-refractivity contribution in [3.05, 3.63) is 35.4 Å². The standard InChI is InChI=1S/C9H11N.C6H14N2/c10-9-6-5-7-3-1-2-4-8(7)9;1-6(2,3)5(7)8-4/h1-4,9H,5-6,10H2;1-4H3,(H2,7,8). The molecule has 0 radical (unpaired) electrons. The minimum absolute atomic E-state index is 0.0365. The summed E-state index contributed by atoms with van der Waals surface area (Å²) in [6, 6.07) is 8.74. The van der Waals surface area contributed by atoms with Gasteiger partial charge >= 0.3 is 0 Å². The summed E-state index contributed by atoms with van der Waals surface area (Å²) < 4.78 is 0. The molecule has 0 amide bonds. The van der Waals surface area contributed by atoms with Crippen molar-refractivity contribution in [2.75, 3.05) is 7.05 Å². The Morgan fingerprint density at radius 3 is 2.33 bits per heavy atom. The first-order chi connectivity index (χ1) is 8.36. The monoisotopic (exact) mass is 247 g/mol. The number of nitrogens with zero attached hydrogens (tertiary/aromatic N) is 1. The van der Waals surface area contributed by atoms with Crippen LogP contribution in [-0.2, 0) is 6.42 Å². The van der Waals surface area contributed by atoms with E-state index in [4.69, 9.17) is 11.5 Å². The highest BCUT2D eigenvalue weighted by atomic mass is 14.8. The van der Waals surface area contributed by atoms with Crippen LogP contribution in [0.1, 0.15) is 44.4 Å². The second kappa shape index (κ2) is 6.01. The molecule has 1 atom stereocenters. The number of benzene rings is 1. The second-order valence-electron chi connectivity index (χ2n) is 5.70. The number of rotatable bonds is 0. The minimum atomic E-state index is 0.0365. The first-order valence-corrected chi connectivity index (χ1v) is 6.42. The van der Waals surface area contributed by atoms with E-state index in [1.165, 1.54) is 11.1 Å². The summed E-state index contributed by atoms with van der Waals surface area (Å²) in [6.45, 7) is 6.11. The van der Waals surface area contributed by atoms with Crippen LogP contribution in [0.5, 0.6) is 0 Å². The number of aliphatic imine (C=N–C) groups is 1. The largest absolute Gasteiger partial charge is 0.387 e. The molecule has 18 heavy (non-hydrogen) atoms. The van der Waals surface area contributed by atoms with Gasteiger partial charge < -0.3 is 11.5 Å². The molecule has 1 aliphatic carbocycles. The zero-order chi connectivity index (χ0) is 13.8. The Morgan fingerprint density at radius 1 is 1.28 bits per heavy atom. The molecule has 0 aliphatic heterocycles. The number of hydrogen-bond donors (Lipinski definition) is 2. The summed E-state index contributed by atoms with van der Waals surface area (Å²) >= 11 is 0. The molecule has 0 spiro atoms. The Morgan fingerprint density at radius 2 is 1.89 bits per heavy atom. The van der Waals surface area contributed by atoms with E-state index in [-0.39, 0.29) is 5.41 Å². The number of hydrogen-bond acceptors (Lipinski definition) is 2. The van der Waals surface area contributed by atoms with Crippen molar-refractivity contribution in [2.24, 2.45) is 21.9 Å². The lowest BCUT2D eigenvalue weighted by molar-refractivity contribution is 0.584. The number of amidine groups is 1. The van der Waals surface area contributed by atoms with E-state index in [1.54, 1.807) is 7.05 Å². The quantitative estimate of drug-likeness (QED) is 0.547. The van der Waals surface area contributed by atoms with Gasteiger partial charge in [-0.15, -0.1) is 0 Å². The molecule has 3 heteroatoms. The lowest BCUT2D eigenvalue weighted by Gasteiger charge is -2.15. The van der Waals surface area contributed by atoms with Crippen molar-refractivity contribution < 1.29 is 0 Å². The zero-order valence-electron chi connectivity index (χ0n) is 11.9. The molecule has 3 nitrogen and oxygen atoms in total. The summed E-state index contributed by atoms with van der Waals surface area (Å²) in [7, 11) is 1.71. The van der Waals surface area contributed by atoms with Gasteiger partial charge in [0.25, 0.3) is 0 Å².